The second-order valence-corrected chi connectivity index (χ2v) is 6.74. The van der Waals surface area contributed by atoms with Crippen LogP contribution in [0.1, 0.15) is 26.3 Å². The Morgan fingerprint density at radius 3 is 2.58 bits per heavy atom. The number of methoxy groups -OCH3 is 2. The summed E-state index contributed by atoms with van der Waals surface area (Å²) in [6.07, 6.45) is 0.779. The Bertz CT molecular complexity index is 978. The number of hydrogen-bond donors (Lipinski definition) is 0. The molecule has 3 rings (SSSR count). The monoisotopic (exact) mass is 386 g/mol. The normalized spacial score (nSPS) is 10.4. The quantitative estimate of drug-likeness (QED) is 0.435. The van der Waals surface area contributed by atoms with Gasteiger partial charge in [0.15, 0.2) is 23.6 Å². The molecule has 3 aromatic rings. The van der Waals surface area contributed by atoms with Crippen molar-refractivity contribution < 1.29 is 19.1 Å². The van der Waals surface area contributed by atoms with Crippen molar-refractivity contribution in [2.24, 2.45) is 0 Å². The summed E-state index contributed by atoms with van der Waals surface area (Å²) in [5, 5.41) is 2.25. The fraction of sp³-hybridized carbons (Fsp3) is 0.100. The molecule has 4 nitrogen and oxygen atoms in total. The standard InChI is InChI=1S/C20H15ClO4S/c1-24-17-5-3-4-15(19(17)25-2)18(23)16-10-13(21)6-7-14(16)20-12(11-22)8-9-26-20/h3-11H,1-2H3. The highest BCUT2D eigenvalue weighted by molar-refractivity contribution is 7.14. The fourth-order valence-corrected chi connectivity index (χ4v) is 3.82. The molecular weight excluding hydrogens is 372 g/mol. The summed E-state index contributed by atoms with van der Waals surface area (Å²) in [7, 11) is 3.00. The second-order valence-electron chi connectivity index (χ2n) is 5.38. The predicted octanol–water partition coefficient (Wildman–Crippen LogP) is 5.13. The van der Waals surface area contributed by atoms with Gasteiger partial charge in [0, 0.05) is 26.6 Å². The molecule has 6 heteroatoms. The van der Waals surface area contributed by atoms with E-state index < -0.39 is 0 Å². The predicted molar refractivity (Wildman–Crippen MR) is 103 cm³/mol. The van der Waals surface area contributed by atoms with Crippen molar-refractivity contribution in [2.75, 3.05) is 14.2 Å². The van der Waals surface area contributed by atoms with Gasteiger partial charge >= 0.3 is 0 Å². The number of hydrogen-bond acceptors (Lipinski definition) is 5. The van der Waals surface area contributed by atoms with Gasteiger partial charge in [-0.15, -0.1) is 11.3 Å². The molecule has 0 N–H and O–H groups in total. The maximum absolute atomic E-state index is 13.3. The third-order valence-electron chi connectivity index (χ3n) is 3.94. The summed E-state index contributed by atoms with van der Waals surface area (Å²) in [6.45, 7) is 0. The molecule has 0 spiro atoms. The Morgan fingerprint density at radius 2 is 1.88 bits per heavy atom. The zero-order chi connectivity index (χ0) is 18.7. The molecule has 0 amide bonds. The highest BCUT2D eigenvalue weighted by Gasteiger charge is 2.22. The van der Waals surface area contributed by atoms with Crippen molar-refractivity contribution in [3.05, 3.63) is 69.6 Å². The van der Waals surface area contributed by atoms with Crippen LogP contribution in [-0.4, -0.2) is 26.3 Å². The minimum Gasteiger partial charge on any atom is -0.493 e. The maximum atomic E-state index is 13.3. The van der Waals surface area contributed by atoms with E-state index in [0.717, 1.165) is 11.2 Å². The highest BCUT2D eigenvalue weighted by Crippen LogP contribution is 2.37. The first-order chi connectivity index (χ1) is 12.6. The molecule has 0 radical (unpaired) electrons. The van der Waals surface area contributed by atoms with Crippen molar-refractivity contribution in [3.63, 3.8) is 0 Å². The van der Waals surface area contributed by atoms with Crippen LogP contribution in [0.15, 0.2) is 47.8 Å². The molecule has 1 heterocycles. The average molecular weight is 387 g/mol. The van der Waals surface area contributed by atoms with Gasteiger partial charge in [-0.05, 0) is 35.7 Å². The number of carbonyl (C=O) groups is 2. The van der Waals surface area contributed by atoms with E-state index in [1.54, 1.807) is 42.5 Å². The molecule has 0 aliphatic rings. The molecule has 0 saturated carbocycles. The Hall–Kier alpha value is -2.63. The lowest BCUT2D eigenvalue weighted by molar-refractivity contribution is 0.103. The van der Waals surface area contributed by atoms with E-state index in [1.807, 2.05) is 5.38 Å². The van der Waals surface area contributed by atoms with Gasteiger partial charge in [0.25, 0.3) is 0 Å². The number of rotatable bonds is 6. The minimum atomic E-state index is -0.261. The van der Waals surface area contributed by atoms with E-state index in [1.165, 1.54) is 25.6 Å². The van der Waals surface area contributed by atoms with Crippen LogP contribution in [0.25, 0.3) is 10.4 Å². The van der Waals surface area contributed by atoms with Gasteiger partial charge in [-0.3, -0.25) is 9.59 Å². The van der Waals surface area contributed by atoms with Crippen molar-refractivity contribution in [1.82, 2.24) is 0 Å². The van der Waals surface area contributed by atoms with E-state index in [-0.39, 0.29) is 5.78 Å². The SMILES string of the molecule is COc1cccc(C(=O)c2cc(Cl)ccc2-c2sccc2C=O)c1OC. The van der Waals surface area contributed by atoms with E-state index >= 15 is 0 Å². The molecule has 132 valence electrons. The van der Waals surface area contributed by atoms with Crippen molar-refractivity contribution >= 4 is 35.0 Å². The third kappa shape index (κ3) is 3.23. The summed E-state index contributed by atoms with van der Waals surface area (Å²) in [6, 6.07) is 11.9. The van der Waals surface area contributed by atoms with Gasteiger partial charge in [-0.25, -0.2) is 0 Å². The number of ketones is 1. The molecule has 0 fully saturated rings. The average Bonchev–Trinajstić information content (AvgIpc) is 3.15. The summed E-state index contributed by atoms with van der Waals surface area (Å²) < 4.78 is 10.7. The number of aldehydes is 1. The zero-order valence-electron chi connectivity index (χ0n) is 14.1. The van der Waals surface area contributed by atoms with Gasteiger partial charge in [0.05, 0.1) is 19.8 Å². The number of para-hydroxylation sites is 1. The van der Waals surface area contributed by atoms with Crippen LogP contribution in [0, 0.1) is 0 Å². The van der Waals surface area contributed by atoms with Crippen LogP contribution in [0.5, 0.6) is 11.5 Å². The number of carbonyl (C=O) groups excluding carboxylic acids is 2. The smallest absolute Gasteiger partial charge is 0.197 e. The topological polar surface area (TPSA) is 52.6 Å². The molecule has 1 aromatic heterocycles. The van der Waals surface area contributed by atoms with E-state index in [0.29, 0.717) is 38.8 Å². The number of ether oxygens (including phenoxy) is 2. The lowest BCUT2D eigenvalue weighted by Gasteiger charge is -2.14. The first kappa shape index (κ1) is 18.2. The Balaban J connectivity index is 2.20. The van der Waals surface area contributed by atoms with E-state index in [2.05, 4.69) is 0 Å². The summed E-state index contributed by atoms with van der Waals surface area (Å²) in [4.78, 5) is 25.3. The number of halogens is 1. The summed E-state index contributed by atoms with van der Waals surface area (Å²) in [5.74, 6) is 0.558. The van der Waals surface area contributed by atoms with E-state index in [4.69, 9.17) is 21.1 Å². The van der Waals surface area contributed by atoms with Crippen molar-refractivity contribution in [2.45, 2.75) is 0 Å². The van der Waals surface area contributed by atoms with Crippen molar-refractivity contribution in [1.29, 1.82) is 0 Å². The molecular formula is C20H15ClO4S. The van der Waals surface area contributed by atoms with Crippen LogP contribution in [0.3, 0.4) is 0 Å². The lowest BCUT2D eigenvalue weighted by atomic mass is 9.95. The largest absolute Gasteiger partial charge is 0.493 e. The summed E-state index contributed by atoms with van der Waals surface area (Å²) >= 11 is 7.54. The molecule has 26 heavy (non-hydrogen) atoms. The molecule has 2 aromatic carbocycles. The molecule has 0 aliphatic heterocycles. The Morgan fingerprint density at radius 1 is 1.08 bits per heavy atom. The van der Waals surface area contributed by atoms with Gasteiger partial charge in [-0.1, -0.05) is 23.7 Å². The Labute approximate surface area is 159 Å². The summed E-state index contributed by atoms with van der Waals surface area (Å²) in [5.41, 5.74) is 1.94. The van der Waals surface area contributed by atoms with Gasteiger partial charge in [-0.2, -0.15) is 0 Å². The molecule has 0 aliphatic carbocycles. The number of benzene rings is 2. The molecule has 0 bridgehead atoms. The fourth-order valence-electron chi connectivity index (χ4n) is 2.74. The first-order valence-corrected chi connectivity index (χ1v) is 8.94. The van der Waals surface area contributed by atoms with Gasteiger partial charge in [0.2, 0.25) is 0 Å². The lowest BCUT2D eigenvalue weighted by Crippen LogP contribution is -2.07. The van der Waals surface area contributed by atoms with Gasteiger partial charge in [0.1, 0.15) is 0 Å². The third-order valence-corrected chi connectivity index (χ3v) is 5.14. The maximum Gasteiger partial charge on any atom is 0.197 e. The minimum absolute atomic E-state index is 0.261. The van der Waals surface area contributed by atoms with Crippen LogP contribution in [0.4, 0.5) is 0 Å². The molecule has 0 atom stereocenters. The molecule has 0 unspecified atom stereocenters. The first-order valence-electron chi connectivity index (χ1n) is 7.69. The van der Waals surface area contributed by atoms with Crippen LogP contribution < -0.4 is 9.47 Å². The van der Waals surface area contributed by atoms with Crippen LogP contribution in [-0.2, 0) is 0 Å². The highest BCUT2D eigenvalue weighted by atomic mass is 35.5. The van der Waals surface area contributed by atoms with Crippen molar-refractivity contribution in [3.8, 4) is 21.9 Å². The van der Waals surface area contributed by atoms with E-state index in [9.17, 15) is 9.59 Å². The second kappa shape index (κ2) is 7.72. The van der Waals surface area contributed by atoms with Crippen LogP contribution in [0.2, 0.25) is 5.02 Å². The van der Waals surface area contributed by atoms with Crippen LogP contribution >= 0.6 is 22.9 Å². The molecule has 0 saturated heterocycles. The number of thiophene rings is 1. The Kier molecular flexibility index (Phi) is 5.40. The van der Waals surface area contributed by atoms with Gasteiger partial charge < -0.3 is 9.47 Å². The zero-order valence-corrected chi connectivity index (χ0v) is 15.7.